The number of anilines is 2. The number of esters is 1. The van der Waals surface area contributed by atoms with E-state index in [-0.39, 0.29) is 5.56 Å². The average Bonchev–Trinajstić information content (AvgIpc) is 2.54. The Balaban J connectivity index is 1.99. The van der Waals surface area contributed by atoms with E-state index in [0.717, 1.165) is 4.47 Å². The second-order valence-electron chi connectivity index (χ2n) is 5.12. The average molecular weight is 406 g/mol. The van der Waals surface area contributed by atoms with E-state index < -0.39 is 24.0 Å². The molecule has 0 fully saturated rings. The van der Waals surface area contributed by atoms with Gasteiger partial charge in [-0.05, 0) is 43.3 Å². The molecule has 0 saturated heterocycles. The number of rotatable bonds is 5. The van der Waals surface area contributed by atoms with Crippen molar-refractivity contribution in [2.75, 3.05) is 10.6 Å². The van der Waals surface area contributed by atoms with Crippen molar-refractivity contribution in [1.82, 2.24) is 0 Å². The summed E-state index contributed by atoms with van der Waals surface area (Å²) in [4.78, 5) is 35.1. The highest BCUT2D eigenvalue weighted by molar-refractivity contribution is 9.10. The Morgan fingerprint density at radius 3 is 2.32 bits per heavy atom. The fourth-order valence-corrected chi connectivity index (χ4v) is 2.36. The van der Waals surface area contributed by atoms with Gasteiger partial charge >= 0.3 is 12.0 Å². The maximum Gasteiger partial charge on any atom is 0.338 e. The molecule has 0 heterocycles. The molecular weight excluding hydrogens is 390 g/mol. The Labute approximate surface area is 152 Å². The van der Waals surface area contributed by atoms with Crippen LogP contribution in [0.2, 0.25) is 0 Å². The molecule has 0 aliphatic heterocycles. The first-order valence-corrected chi connectivity index (χ1v) is 8.08. The summed E-state index contributed by atoms with van der Waals surface area (Å²) in [6.45, 7) is 1.47. The molecule has 0 bridgehead atoms. The van der Waals surface area contributed by atoms with E-state index in [1.807, 2.05) is 6.07 Å². The van der Waals surface area contributed by atoms with Crippen LogP contribution in [-0.4, -0.2) is 24.0 Å². The van der Waals surface area contributed by atoms with Gasteiger partial charge in [-0.15, -0.1) is 0 Å². The van der Waals surface area contributed by atoms with E-state index in [1.54, 1.807) is 30.3 Å². The van der Waals surface area contributed by atoms with Crippen molar-refractivity contribution in [3.8, 4) is 0 Å². The van der Waals surface area contributed by atoms with Crippen LogP contribution in [0.4, 0.5) is 16.2 Å². The van der Waals surface area contributed by atoms with Gasteiger partial charge in [0.1, 0.15) is 0 Å². The fourth-order valence-electron chi connectivity index (χ4n) is 1.96. The van der Waals surface area contributed by atoms with Gasteiger partial charge in [-0.2, -0.15) is 0 Å². The zero-order valence-electron chi connectivity index (χ0n) is 13.3. The first kappa shape index (κ1) is 18.5. The zero-order chi connectivity index (χ0) is 18.4. The number of amides is 3. The van der Waals surface area contributed by atoms with Crippen LogP contribution in [0.3, 0.4) is 0 Å². The second kappa shape index (κ2) is 8.29. The highest BCUT2D eigenvalue weighted by atomic mass is 79.9. The van der Waals surface area contributed by atoms with E-state index in [2.05, 4.69) is 26.6 Å². The molecule has 2 aromatic carbocycles. The van der Waals surface area contributed by atoms with Crippen molar-refractivity contribution >= 4 is 45.2 Å². The van der Waals surface area contributed by atoms with Gasteiger partial charge in [0.15, 0.2) is 6.10 Å². The fraction of sp³-hybridized carbons (Fsp3) is 0.118. The molecular formula is C17H16BrN3O4. The number of benzene rings is 2. The second-order valence-corrected chi connectivity index (χ2v) is 6.03. The quantitative estimate of drug-likeness (QED) is 0.663. The minimum atomic E-state index is -1.00. The Morgan fingerprint density at radius 1 is 1.04 bits per heavy atom. The van der Waals surface area contributed by atoms with Gasteiger partial charge in [0, 0.05) is 15.8 Å². The Bertz CT molecular complexity index is 810. The number of hydrogen-bond donors (Lipinski definition) is 3. The maximum atomic E-state index is 12.2. The van der Waals surface area contributed by atoms with Crippen LogP contribution in [0.15, 0.2) is 53.0 Å². The van der Waals surface area contributed by atoms with Gasteiger partial charge in [0.25, 0.3) is 5.91 Å². The lowest BCUT2D eigenvalue weighted by atomic mass is 10.2. The number of carbonyl (C=O) groups excluding carboxylic acids is 3. The summed E-state index contributed by atoms with van der Waals surface area (Å²) in [5.74, 6) is -1.15. The van der Waals surface area contributed by atoms with Crippen LogP contribution in [0.5, 0.6) is 0 Å². The smallest absolute Gasteiger partial charge is 0.338 e. The normalized spacial score (nSPS) is 11.3. The summed E-state index contributed by atoms with van der Waals surface area (Å²) in [7, 11) is 0. The monoisotopic (exact) mass is 405 g/mol. The van der Waals surface area contributed by atoms with Crippen LogP contribution in [0.1, 0.15) is 17.3 Å². The van der Waals surface area contributed by atoms with Crippen molar-refractivity contribution in [3.63, 3.8) is 0 Å². The molecule has 0 spiro atoms. The molecule has 0 unspecified atom stereocenters. The van der Waals surface area contributed by atoms with Crippen LogP contribution >= 0.6 is 15.9 Å². The number of carbonyl (C=O) groups is 3. The third-order valence-corrected chi connectivity index (χ3v) is 3.60. The molecule has 1 atom stereocenters. The molecule has 130 valence electrons. The Hall–Kier alpha value is -2.87. The predicted octanol–water partition coefficient (Wildman–Crippen LogP) is 3.12. The highest BCUT2D eigenvalue weighted by Gasteiger charge is 2.19. The topological polar surface area (TPSA) is 111 Å². The number of nitrogens with one attached hydrogen (secondary N) is 2. The van der Waals surface area contributed by atoms with Crippen molar-refractivity contribution in [2.24, 2.45) is 5.73 Å². The number of hydrogen-bond acceptors (Lipinski definition) is 4. The molecule has 0 radical (unpaired) electrons. The highest BCUT2D eigenvalue weighted by Crippen LogP contribution is 2.17. The van der Waals surface area contributed by atoms with Crippen molar-refractivity contribution < 1.29 is 19.1 Å². The molecule has 25 heavy (non-hydrogen) atoms. The summed E-state index contributed by atoms with van der Waals surface area (Å²) < 4.78 is 5.97. The molecule has 8 heteroatoms. The first-order valence-electron chi connectivity index (χ1n) is 7.29. The lowest BCUT2D eigenvalue weighted by Gasteiger charge is -2.14. The number of nitrogens with two attached hydrogens (primary N) is 1. The van der Waals surface area contributed by atoms with Crippen LogP contribution in [-0.2, 0) is 9.53 Å². The van der Waals surface area contributed by atoms with Gasteiger partial charge < -0.3 is 21.1 Å². The molecule has 4 N–H and O–H groups in total. The molecule has 3 amide bonds. The van der Waals surface area contributed by atoms with Crippen LogP contribution in [0, 0.1) is 0 Å². The van der Waals surface area contributed by atoms with Crippen molar-refractivity contribution in [2.45, 2.75) is 13.0 Å². The van der Waals surface area contributed by atoms with Gasteiger partial charge in [-0.25, -0.2) is 9.59 Å². The molecule has 0 aliphatic rings. The molecule has 0 saturated carbocycles. The van der Waals surface area contributed by atoms with Gasteiger partial charge in [0.2, 0.25) is 0 Å². The van der Waals surface area contributed by atoms with E-state index in [9.17, 15) is 14.4 Å². The van der Waals surface area contributed by atoms with Crippen LogP contribution in [0.25, 0.3) is 0 Å². The number of ether oxygens (including phenoxy) is 1. The molecule has 0 aliphatic carbocycles. The van der Waals surface area contributed by atoms with Gasteiger partial charge in [-0.1, -0.05) is 28.1 Å². The maximum absolute atomic E-state index is 12.2. The number of urea groups is 1. The third-order valence-electron chi connectivity index (χ3n) is 3.11. The summed E-state index contributed by atoms with van der Waals surface area (Å²) in [6.07, 6.45) is -1.00. The Kier molecular flexibility index (Phi) is 6.13. The number of primary amides is 1. The van der Waals surface area contributed by atoms with Gasteiger partial charge in [-0.3, -0.25) is 4.79 Å². The molecule has 7 nitrogen and oxygen atoms in total. The van der Waals surface area contributed by atoms with E-state index in [4.69, 9.17) is 10.5 Å². The summed E-state index contributed by atoms with van der Waals surface area (Å²) >= 11 is 3.31. The molecule has 2 rings (SSSR count). The van der Waals surface area contributed by atoms with E-state index >= 15 is 0 Å². The third kappa shape index (κ3) is 5.61. The van der Waals surface area contributed by atoms with Crippen molar-refractivity contribution in [3.05, 3.63) is 58.6 Å². The molecule has 2 aromatic rings. The minimum Gasteiger partial charge on any atom is -0.449 e. The summed E-state index contributed by atoms with van der Waals surface area (Å²) in [6, 6.07) is 12.4. The SMILES string of the molecule is C[C@H](OC(=O)c1cccc(NC(N)=O)c1)C(=O)Nc1cccc(Br)c1. The van der Waals surface area contributed by atoms with Gasteiger partial charge in [0.05, 0.1) is 5.56 Å². The standard InChI is InChI=1S/C17H16BrN3O4/c1-10(15(22)20-14-7-3-5-12(18)9-14)25-16(23)11-4-2-6-13(8-11)21-17(19)24/h2-10H,1H3,(H,20,22)(H3,19,21,24)/t10-/m0/s1. The number of halogens is 1. The van der Waals surface area contributed by atoms with Crippen LogP contribution < -0.4 is 16.4 Å². The minimum absolute atomic E-state index is 0.188. The predicted molar refractivity (Wildman–Crippen MR) is 97.3 cm³/mol. The largest absolute Gasteiger partial charge is 0.449 e. The Morgan fingerprint density at radius 2 is 1.68 bits per heavy atom. The van der Waals surface area contributed by atoms with E-state index in [1.165, 1.54) is 19.1 Å². The first-order chi connectivity index (χ1) is 11.8. The molecule has 0 aromatic heterocycles. The lowest BCUT2D eigenvalue weighted by Crippen LogP contribution is -2.30. The zero-order valence-corrected chi connectivity index (χ0v) is 14.9. The summed E-state index contributed by atoms with van der Waals surface area (Å²) in [5.41, 5.74) is 6.15. The van der Waals surface area contributed by atoms with Crippen molar-refractivity contribution in [1.29, 1.82) is 0 Å². The lowest BCUT2D eigenvalue weighted by molar-refractivity contribution is -0.123. The van der Waals surface area contributed by atoms with E-state index in [0.29, 0.717) is 11.4 Å². The summed E-state index contributed by atoms with van der Waals surface area (Å²) in [5, 5.41) is 5.02.